The Bertz CT molecular complexity index is 368. The van der Waals surface area contributed by atoms with Gasteiger partial charge < -0.3 is 4.90 Å². The minimum Gasteiger partial charge on any atom is -0.323 e. The molecule has 0 saturated carbocycles. The van der Waals surface area contributed by atoms with Gasteiger partial charge in [0, 0.05) is 7.05 Å². The lowest BCUT2D eigenvalue weighted by Crippen LogP contribution is -2.36. The van der Waals surface area contributed by atoms with E-state index in [4.69, 9.17) is 11.6 Å². The molecule has 1 aromatic heterocycles. The molecule has 1 N–H and O–H groups in total. The largest absolute Gasteiger partial charge is 0.323 e. The molecule has 2 rings (SSSR count). The van der Waals surface area contributed by atoms with E-state index in [-0.39, 0.29) is 6.03 Å². The van der Waals surface area contributed by atoms with Crippen molar-refractivity contribution in [2.75, 3.05) is 12.4 Å². The lowest BCUT2D eigenvalue weighted by molar-refractivity contribution is 0.218. The summed E-state index contributed by atoms with van der Waals surface area (Å²) in [5.41, 5.74) is 0.756. The Morgan fingerprint density at radius 2 is 2.38 bits per heavy atom. The third-order valence-corrected chi connectivity index (χ3v) is 2.19. The van der Waals surface area contributed by atoms with Crippen molar-refractivity contribution in [2.45, 2.75) is 6.54 Å². The van der Waals surface area contributed by atoms with Crippen molar-refractivity contribution in [2.24, 2.45) is 0 Å². The van der Waals surface area contributed by atoms with Crippen molar-refractivity contribution >= 4 is 23.4 Å². The second kappa shape index (κ2) is 2.85. The number of hydrogen-bond acceptors (Lipinski definition) is 3. The molecule has 2 amide bonds. The molecular weight excluding hydrogens is 192 g/mol. The number of nitrogens with one attached hydrogen (secondary N) is 1. The molecule has 6 heteroatoms. The van der Waals surface area contributed by atoms with Crippen LogP contribution in [0.25, 0.3) is 0 Å². The standard InChI is InChI=1S/C7H7ClN4O/c1-12-2-4-5(8)9-3-10-6(4)11-7(12)13/h3H,2H2,1H3,(H,9,10,11,13). The first-order valence-electron chi connectivity index (χ1n) is 3.70. The van der Waals surface area contributed by atoms with Crippen LogP contribution in [0.1, 0.15) is 5.56 Å². The molecule has 0 aromatic carbocycles. The summed E-state index contributed by atoms with van der Waals surface area (Å²) in [6.45, 7) is 0.445. The van der Waals surface area contributed by atoms with Crippen LogP contribution in [-0.2, 0) is 6.54 Å². The van der Waals surface area contributed by atoms with E-state index in [1.165, 1.54) is 11.2 Å². The van der Waals surface area contributed by atoms with Crippen molar-refractivity contribution in [3.63, 3.8) is 0 Å². The van der Waals surface area contributed by atoms with Crippen LogP contribution in [0.3, 0.4) is 0 Å². The number of nitrogens with zero attached hydrogens (tertiary/aromatic N) is 3. The average Bonchev–Trinajstić information content (AvgIpc) is 2.09. The number of aromatic nitrogens is 2. The molecule has 1 aliphatic rings. The first-order chi connectivity index (χ1) is 6.18. The van der Waals surface area contributed by atoms with Crippen LogP contribution in [-0.4, -0.2) is 27.9 Å². The zero-order chi connectivity index (χ0) is 9.42. The minimum absolute atomic E-state index is 0.178. The van der Waals surface area contributed by atoms with Gasteiger partial charge in [-0.3, -0.25) is 5.32 Å². The van der Waals surface area contributed by atoms with Gasteiger partial charge in [-0.25, -0.2) is 14.8 Å². The van der Waals surface area contributed by atoms with Gasteiger partial charge in [0.25, 0.3) is 0 Å². The van der Waals surface area contributed by atoms with E-state index >= 15 is 0 Å². The van der Waals surface area contributed by atoms with Crippen molar-refractivity contribution < 1.29 is 4.79 Å². The van der Waals surface area contributed by atoms with Crippen LogP contribution < -0.4 is 5.32 Å². The van der Waals surface area contributed by atoms with E-state index in [0.717, 1.165) is 5.56 Å². The summed E-state index contributed by atoms with van der Waals surface area (Å²) in [4.78, 5) is 20.4. The maximum absolute atomic E-state index is 11.2. The molecule has 1 aliphatic heterocycles. The summed E-state index contributed by atoms with van der Waals surface area (Å²) in [7, 11) is 1.68. The number of anilines is 1. The van der Waals surface area contributed by atoms with Gasteiger partial charge in [0.05, 0.1) is 12.1 Å². The van der Waals surface area contributed by atoms with Gasteiger partial charge in [0.15, 0.2) is 0 Å². The summed E-state index contributed by atoms with van der Waals surface area (Å²) < 4.78 is 0. The summed E-state index contributed by atoms with van der Waals surface area (Å²) in [5, 5.41) is 2.99. The number of urea groups is 1. The third-order valence-electron chi connectivity index (χ3n) is 1.86. The average molecular weight is 199 g/mol. The second-order valence-corrected chi connectivity index (χ2v) is 3.14. The molecule has 0 aliphatic carbocycles. The predicted octanol–water partition coefficient (Wildman–Crippen LogP) is 1.11. The molecule has 0 radical (unpaired) electrons. The first-order valence-corrected chi connectivity index (χ1v) is 4.08. The van der Waals surface area contributed by atoms with Crippen molar-refractivity contribution in [1.29, 1.82) is 0 Å². The summed E-state index contributed by atoms with van der Waals surface area (Å²) in [5.74, 6) is 0.503. The molecule has 0 bridgehead atoms. The Balaban J connectivity index is 2.48. The lowest BCUT2D eigenvalue weighted by Gasteiger charge is -2.24. The summed E-state index contributed by atoms with van der Waals surface area (Å²) in [6, 6.07) is -0.178. The smallest absolute Gasteiger partial charge is 0.323 e. The SMILES string of the molecule is CN1Cc2c(Cl)ncnc2NC1=O. The van der Waals surface area contributed by atoms with E-state index in [1.807, 2.05) is 0 Å². The fourth-order valence-corrected chi connectivity index (χ4v) is 1.34. The molecule has 0 spiro atoms. The lowest BCUT2D eigenvalue weighted by atomic mass is 10.2. The highest BCUT2D eigenvalue weighted by Crippen LogP contribution is 2.24. The van der Waals surface area contributed by atoms with Gasteiger partial charge >= 0.3 is 6.03 Å². The molecule has 2 heterocycles. The van der Waals surface area contributed by atoms with Gasteiger partial charge in [-0.1, -0.05) is 11.6 Å². The summed E-state index contributed by atoms with van der Waals surface area (Å²) >= 11 is 5.83. The quantitative estimate of drug-likeness (QED) is 0.636. The Morgan fingerprint density at radius 3 is 3.15 bits per heavy atom. The summed E-state index contributed by atoms with van der Waals surface area (Å²) in [6.07, 6.45) is 1.33. The number of hydrogen-bond donors (Lipinski definition) is 1. The Morgan fingerprint density at radius 1 is 1.62 bits per heavy atom. The van der Waals surface area contributed by atoms with E-state index < -0.39 is 0 Å². The zero-order valence-corrected chi connectivity index (χ0v) is 7.67. The topological polar surface area (TPSA) is 58.1 Å². The molecule has 5 nitrogen and oxygen atoms in total. The van der Waals surface area contributed by atoms with Crippen LogP contribution in [0.15, 0.2) is 6.33 Å². The van der Waals surface area contributed by atoms with E-state index in [1.54, 1.807) is 7.05 Å². The predicted molar refractivity (Wildman–Crippen MR) is 47.5 cm³/mol. The van der Waals surface area contributed by atoms with Crippen LogP contribution in [0.4, 0.5) is 10.6 Å². The number of carbonyl (C=O) groups is 1. The number of amides is 2. The number of rotatable bonds is 0. The molecule has 13 heavy (non-hydrogen) atoms. The van der Waals surface area contributed by atoms with Crippen LogP contribution in [0.2, 0.25) is 5.15 Å². The van der Waals surface area contributed by atoms with Crippen molar-refractivity contribution in [1.82, 2.24) is 14.9 Å². The normalized spacial score (nSPS) is 15.2. The Hall–Kier alpha value is -1.36. The number of fused-ring (bicyclic) bond motifs is 1. The first kappa shape index (κ1) is 8.25. The highest BCUT2D eigenvalue weighted by Gasteiger charge is 2.22. The van der Waals surface area contributed by atoms with Gasteiger partial charge in [-0.2, -0.15) is 0 Å². The highest BCUT2D eigenvalue weighted by molar-refractivity contribution is 6.30. The number of halogens is 1. The maximum atomic E-state index is 11.2. The third kappa shape index (κ3) is 1.31. The Kier molecular flexibility index (Phi) is 1.81. The molecule has 68 valence electrons. The molecule has 1 aromatic rings. The van der Waals surface area contributed by atoms with Gasteiger partial charge in [-0.15, -0.1) is 0 Å². The second-order valence-electron chi connectivity index (χ2n) is 2.78. The monoisotopic (exact) mass is 198 g/mol. The van der Waals surface area contributed by atoms with Gasteiger partial charge in [0.1, 0.15) is 17.3 Å². The number of carbonyl (C=O) groups excluding carboxylic acids is 1. The molecule has 0 atom stereocenters. The van der Waals surface area contributed by atoms with Crippen LogP contribution in [0, 0.1) is 0 Å². The molecule has 0 unspecified atom stereocenters. The highest BCUT2D eigenvalue weighted by atomic mass is 35.5. The van der Waals surface area contributed by atoms with Crippen LogP contribution >= 0.6 is 11.6 Å². The van der Waals surface area contributed by atoms with Crippen LogP contribution in [0.5, 0.6) is 0 Å². The van der Waals surface area contributed by atoms with Gasteiger partial charge in [-0.05, 0) is 0 Å². The fourth-order valence-electron chi connectivity index (χ4n) is 1.14. The zero-order valence-electron chi connectivity index (χ0n) is 6.91. The molecule has 0 saturated heterocycles. The Labute approximate surface area is 79.7 Å². The van der Waals surface area contributed by atoms with Crippen molar-refractivity contribution in [3.05, 3.63) is 17.0 Å². The van der Waals surface area contributed by atoms with E-state index in [2.05, 4.69) is 15.3 Å². The van der Waals surface area contributed by atoms with Gasteiger partial charge in [0.2, 0.25) is 0 Å². The van der Waals surface area contributed by atoms with E-state index in [9.17, 15) is 4.79 Å². The fraction of sp³-hybridized carbons (Fsp3) is 0.286. The maximum Gasteiger partial charge on any atom is 0.323 e. The molecular formula is C7H7ClN4O. The van der Waals surface area contributed by atoms with E-state index in [0.29, 0.717) is 17.5 Å². The molecule has 0 fully saturated rings. The van der Waals surface area contributed by atoms with Crippen molar-refractivity contribution in [3.8, 4) is 0 Å². The minimum atomic E-state index is -0.178.